The van der Waals surface area contributed by atoms with Gasteiger partial charge in [0.05, 0.1) is 52.4 Å². The number of carbonyl (C=O) groups is 1. The number of amides is 1. The van der Waals surface area contributed by atoms with E-state index in [2.05, 4.69) is 72.6 Å². The third kappa shape index (κ3) is 11.4. The molecule has 2 aromatic heterocycles. The van der Waals surface area contributed by atoms with Gasteiger partial charge in [-0.05, 0) is 92.3 Å². The first-order valence-electron chi connectivity index (χ1n) is 22.7. The fraction of sp³-hybridized carbons (Fsp3) is 0.392. The van der Waals surface area contributed by atoms with Crippen molar-refractivity contribution in [1.29, 1.82) is 5.26 Å². The molecule has 3 heterocycles. The van der Waals surface area contributed by atoms with Crippen LogP contribution in [0.15, 0.2) is 114 Å². The van der Waals surface area contributed by atoms with Crippen molar-refractivity contribution in [2.45, 2.75) is 96.4 Å². The number of hydrogen-bond acceptors (Lipinski definition) is 13. The normalized spacial score (nSPS) is 16.7. The number of methoxy groups -OCH3 is 2. The number of hydrogen-bond donors (Lipinski definition) is 2. The third-order valence-corrected chi connectivity index (χ3v) is 13.8. The van der Waals surface area contributed by atoms with Crippen LogP contribution < -0.4 is 25.1 Å². The predicted octanol–water partition coefficient (Wildman–Crippen LogP) is 9.24. The third-order valence-electron chi connectivity index (χ3n) is 11.6. The molecule has 4 aromatic carbocycles. The molecule has 0 spiro atoms. The molecular formula is C51H60N7O9P. The number of nitrogens with zero attached hydrogens (tertiary/aromatic N) is 5. The molecule has 1 aliphatic heterocycles. The van der Waals surface area contributed by atoms with E-state index in [4.69, 9.17) is 32.7 Å². The molecule has 358 valence electrons. The summed E-state index contributed by atoms with van der Waals surface area (Å²) in [6.07, 6.45) is -0.174. The van der Waals surface area contributed by atoms with Crippen molar-refractivity contribution in [3.63, 3.8) is 0 Å². The van der Waals surface area contributed by atoms with Gasteiger partial charge in [-0.2, -0.15) is 10.2 Å². The second-order valence-electron chi connectivity index (χ2n) is 17.2. The molecule has 1 aliphatic rings. The minimum Gasteiger partial charge on any atom is -0.497 e. The van der Waals surface area contributed by atoms with Gasteiger partial charge in [-0.15, -0.1) is 0 Å². The number of nitriles is 1. The van der Waals surface area contributed by atoms with E-state index in [1.807, 2.05) is 103 Å². The maximum atomic E-state index is 13.5. The van der Waals surface area contributed by atoms with E-state index < -0.39 is 44.0 Å². The fourth-order valence-electron chi connectivity index (χ4n) is 8.29. The minimum absolute atomic E-state index is 0.0149. The van der Waals surface area contributed by atoms with Gasteiger partial charge in [-0.1, -0.05) is 80.6 Å². The van der Waals surface area contributed by atoms with Gasteiger partial charge in [0.15, 0.2) is 17.8 Å². The van der Waals surface area contributed by atoms with Gasteiger partial charge in [-0.3, -0.25) is 24.5 Å². The number of benzene rings is 4. The first-order valence-corrected chi connectivity index (χ1v) is 23.9. The molecule has 0 aliphatic carbocycles. The van der Waals surface area contributed by atoms with E-state index in [1.165, 1.54) is 6.33 Å². The van der Waals surface area contributed by atoms with Gasteiger partial charge in [0, 0.05) is 18.5 Å². The minimum atomic E-state index is -1.73. The van der Waals surface area contributed by atoms with Gasteiger partial charge < -0.3 is 32.7 Å². The predicted molar refractivity (Wildman–Crippen MR) is 260 cm³/mol. The summed E-state index contributed by atoms with van der Waals surface area (Å²) in [7, 11) is 1.53. The van der Waals surface area contributed by atoms with Gasteiger partial charge in [-0.25, -0.2) is 9.65 Å². The number of H-pyrrole nitrogens is 1. The average Bonchev–Trinajstić information content (AvgIpc) is 3.95. The van der Waals surface area contributed by atoms with E-state index in [0.717, 1.165) is 22.3 Å². The summed E-state index contributed by atoms with van der Waals surface area (Å²) in [5.74, 6) is 1.67. The zero-order valence-corrected chi connectivity index (χ0v) is 40.6. The van der Waals surface area contributed by atoms with Crippen LogP contribution in [0.25, 0.3) is 11.2 Å². The number of carbonyl (C=O) groups excluding carboxylic acids is 1. The molecule has 2 N–H and O–H groups in total. The molecule has 1 fully saturated rings. The SMILES string of the molecule is COc1ccc(C(OC[C@H]2O[C@@H](n3cnc4c(=O)[nH]c(NC(=O)COc5ccc(C(C)C)cc5)nc43)C[C@@H]2OP(OCCC#N)N(C(C)C)C(C)C)(c2ccccc2)c2ccc(OC)cc2)cc1. The molecule has 17 heteroatoms. The summed E-state index contributed by atoms with van der Waals surface area (Å²) < 4.78 is 48.5. The van der Waals surface area contributed by atoms with Crippen LogP contribution in [0.4, 0.5) is 5.95 Å². The molecule has 0 bridgehead atoms. The molecule has 0 saturated carbocycles. The summed E-state index contributed by atoms with van der Waals surface area (Å²) >= 11 is 0. The first kappa shape index (κ1) is 49.7. The van der Waals surface area contributed by atoms with E-state index in [-0.39, 0.29) is 61.9 Å². The Hall–Kier alpha value is -6.18. The Kier molecular flexibility index (Phi) is 16.6. The van der Waals surface area contributed by atoms with Crippen molar-refractivity contribution >= 4 is 31.5 Å². The highest BCUT2D eigenvalue weighted by molar-refractivity contribution is 7.44. The molecule has 7 rings (SSSR count). The number of fused-ring (bicyclic) bond motifs is 1. The Morgan fingerprint density at radius 1 is 0.897 bits per heavy atom. The maximum absolute atomic E-state index is 13.5. The van der Waals surface area contributed by atoms with Crippen molar-refractivity contribution < 1.29 is 37.5 Å². The van der Waals surface area contributed by atoms with Crippen LogP contribution in [-0.2, 0) is 28.9 Å². The van der Waals surface area contributed by atoms with E-state index in [9.17, 15) is 14.9 Å². The van der Waals surface area contributed by atoms with Crippen molar-refractivity contribution in [3.05, 3.63) is 142 Å². The Bertz CT molecular complexity index is 2620. The largest absolute Gasteiger partial charge is 0.497 e. The van der Waals surface area contributed by atoms with Gasteiger partial charge in [0.25, 0.3) is 20.0 Å². The number of ether oxygens (including phenoxy) is 5. The van der Waals surface area contributed by atoms with Crippen molar-refractivity contribution in [2.75, 3.05) is 39.4 Å². The lowest BCUT2D eigenvalue weighted by Gasteiger charge is -2.39. The Morgan fingerprint density at radius 3 is 2.07 bits per heavy atom. The van der Waals surface area contributed by atoms with Crippen LogP contribution >= 0.6 is 8.53 Å². The number of rotatable bonds is 22. The molecule has 4 atom stereocenters. The van der Waals surface area contributed by atoms with Crippen molar-refractivity contribution in [2.24, 2.45) is 0 Å². The Balaban J connectivity index is 1.24. The average molecular weight is 946 g/mol. The quantitative estimate of drug-likeness (QED) is 0.0373. The van der Waals surface area contributed by atoms with Crippen LogP contribution in [0.1, 0.15) is 88.8 Å². The van der Waals surface area contributed by atoms with E-state index >= 15 is 0 Å². The highest BCUT2D eigenvalue weighted by Crippen LogP contribution is 2.51. The van der Waals surface area contributed by atoms with E-state index in [0.29, 0.717) is 23.2 Å². The van der Waals surface area contributed by atoms with Gasteiger partial charge in [0.2, 0.25) is 5.95 Å². The number of aromatic amines is 1. The molecule has 6 aromatic rings. The van der Waals surface area contributed by atoms with Crippen LogP contribution in [0.2, 0.25) is 0 Å². The molecule has 16 nitrogen and oxygen atoms in total. The monoisotopic (exact) mass is 945 g/mol. The standard InChI is InChI=1S/C51H60N7O9P/c1-33(2)36-15-21-42(22-16-36)63-31-45(59)54-50-55-48-47(49(60)56-50)53-32-57(48)46-29-43(67-68(65-28-12-27-52)58(34(3)4)35(5)6)44(66-46)30-64-51(37-13-10-9-11-14-37,38-17-23-40(61-7)24-18-38)39-19-25-41(62-8)26-20-39/h9-11,13-26,32-35,43-44,46H,12,28-31H2,1-8H3,(H2,54,55,56,59,60)/t43-,44+,46+,68?/m0/s1. The van der Waals surface area contributed by atoms with Crippen LogP contribution in [0.3, 0.4) is 0 Å². The lowest BCUT2D eigenvalue weighted by Crippen LogP contribution is -2.39. The second-order valence-corrected chi connectivity index (χ2v) is 18.6. The summed E-state index contributed by atoms with van der Waals surface area (Å²) in [5.41, 5.74) is 2.20. The van der Waals surface area contributed by atoms with Crippen molar-refractivity contribution in [1.82, 2.24) is 24.2 Å². The highest BCUT2D eigenvalue weighted by atomic mass is 31.2. The zero-order chi connectivity index (χ0) is 48.4. The number of imidazole rings is 1. The molecule has 1 saturated heterocycles. The molecule has 1 amide bonds. The topological polar surface area (TPSA) is 184 Å². The smallest absolute Gasteiger partial charge is 0.280 e. The van der Waals surface area contributed by atoms with E-state index in [1.54, 1.807) is 18.8 Å². The molecular weight excluding hydrogens is 886 g/mol. The molecule has 1 unspecified atom stereocenters. The Labute approximate surface area is 398 Å². The van der Waals surface area contributed by atoms with Crippen LogP contribution in [0, 0.1) is 11.3 Å². The lowest BCUT2D eigenvalue weighted by molar-refractivity contribution is -0.118. The van der Waals surface area contributed by atoms with Gasteiger partial charge in [0.1, 0.15) is 35.2 Å². The first-order chi connectivity index (χ1) is 32.8. The number of aromatic nitrogens is 4. The summed E-state index contributed by atoms with van der Waals surface area (Å²) in [6, 6.07) is 35.3. The maximum Gasteiger partial charge on any atom is 0.280 e. The van der Waals surface area contributed by atoms with Crippen molar-refractivity contribution in [3.8, 4) is 23.3 Å². The second kappa shape index (κ2) is 22.7. The lowest BCUT2D eigenvalue weighted by atomic mass is 9.80. The Morgan fingerprint density at radius 2 is 1.50 bits per heavy atom. The summed E-state index contributed by atoms with van der Waals surface area (Å²) in [6.45, 7) is 12.4. The van der Waals surface area contributed by atoms with Gasteiger partial charge >= 0.3 is 0 Å². The summed E-state index contributed by atoms with van der Waals surface area (Å²) in [5, 5.41) is 12.1. The van der Waals surface area contributed by atoms with Crippen LogP contribution in [0.5, 0.6) is 17.2 Å². The zero-order valence-electron chi connectivity index (χ0n) is 39.7. The van der Waals surface area contributed by atoms with Crippen LogP contribution in [-0.4, -0.2) is 88.4 Å². The fourth-order valence-corrected chi connectivity index (χ4v) is 10.0. The number of nitrogens with one attached hydrogen (secondary N) is 2. The number of anilines is 1. The summed E-state index contributed by atoms with van der Waals surface area (Å²) in [4.78, 5) is 38.3. The highest BCUT2D eigenvalue weighted by Gasteiger charge is 2.45. The molecule has 0 radical (unpaired) electrons. The molecule has 68 heavy (non-hydrogen) atoms.